The second-order valence-corrected chi connectivity index (χ2v) is 10.8. The second-order valence-electron chi connectivity index (χ2n) is 7.56. The standard InChI is InChI=1S/C23H19BrClF2N3O3S/c24-15-5-8-21(20(27)13-15)28-23(31)17-14-16(6-7-19(17)26)34(32,33)30-11-9-29(10-12-30)22-4-2-1-3-18(22)25/h1-8,13-14H,9-12H2,(H,28,31). The third-order valence-electron chi connectivity index (χ3n) is 5.43. The number of sulfonamides is 1. The highest BCUT2D eigenvalue weighted by Gasteiger charge is 2.30. The molecule has 1 aliphatic rings. The molecule has 3 aromatic carbocycles. The minimum absolute atomic E-state index is 0.156. The Balaban J connectivity index is 1.52. The molecule has 11 heteroatoms. The lowest BCUT2D eigenvalue weighted by Gasteiger charge is -2.35. The topological polar surface area (TPSA) is 69.7 Å². The lowest BCUT2D eigenvalue weighted by molar-refractivity contribution is 0.102. The number of anilines is 2. The van der Waals surface area contributed by atoms with Gasteiger partial charge in [-0.1, -0.05) is 39.7 Å². The van der Waals surface area contributed by atoms with Crippen molar-refractivity contribution in [1.29, 1.82) is 0 Å². The molecule has 0 unspecified atom stereocenters. The number of carbonyl (C=O) groups is 1. The Morgan fingerprint density at radius 1 is 0.941 bits per heavy atom. The molecule has 178 valence electrons. The van der Waals surface area contributed by atoms with E-state index >= 15 is 0 Å². The van der Waals surface area contributed by atoms with E-state index in [4.69, 9.17) is 11.6 Å². The molecule has 1 amide bonds. The summed E-state index contributed by atoms with van der Waals surface area (Å²) in [5.74, 6) is -2.60. The van der Waals surface area contributed by atoms with E-state index in [2.05, 4.69) is 21.2 Å². The molecule has 1 fully saturated rings. The highest BCUT2D eigenvalue weighted by Crippen LogP contribution is 2.28. The molecule has 0 radical (unpaired) electrons. The summed E-state index contributed by atoms with van der Waals surface area (Å²) in [4.78, 5) is 14.4. The molecule has 0 saturated carbocycles. The number of benzene rings is 3. The maximum absolute atomic E-state index is 14.4. The summed E-state index contributed by atoms with van der Waals surface area (Å²) in [7, 11) is -3.99. The van der Waals surface area contributed by atoms with E-state index in [9.17, 15) is 22.0 Å². The first-order valence-electron chi connectivity index (χ1n) is 10.2. The minimum atomic E-state index is -3.99. The Hall–Kier alpha value is -2.53. The van der Waals surface area contributed by atoms with E-state index in [0.717, 1.165) is 30.0 Å². The first kappa shape index (κ1) is 24.6. The van der Waals surface area contributed by atoms with Crippen molar-refractivity contribution in [1.82, 2.24) is 4.31 Å². The van der Waals surface area contributed by atoms with Crippen LogP contribution >= 0.6 is 27.5 Å². The van der Waals surface area contributed by atoms with E-state index in [1.54, 1.807) is 6.07 Å². The fourth-order valence-corrected chi connectivity index (χ4v) is 5.68. The number of nitrogens with zero attached hydrogens (tertiary/aromatic N) is 2. The van der Waals surface area contributed by atoms with Crippen LogP contribution in [0.25, 0.3) is 0 Å². The SMILES string of the molecule is O=C(Nc1ccc(Br)cc1F)c1cc(S(=O)(=O)N2CCN(c3ccccc3Cl)CC2)ccc1F. The smallest absolute Gasteiger partial charge is 0.258 e. The summed E-state index contributed by atoms with van der Waals surface area (Å²) in [6.45, 7) is 1.22. The molecule has 0 atom stereocenters. The lowest BCUT2D eigenvalue weighted by atomic mass is 10.2. The zero-order valence-corrected chi connectivity index (χ0v) is 20.8. The van der Waals surface area contributed by atoms with Gasteiger partial charge < -0.3 is 10.2 Å². The first-order chi connectivity index (χ1) is 16.2. The third kappa shape index (κ3) is 5.10. The fraction of sp³-hybridized carbons (Fsp3) is 0.174. The summed E-state index contributed by atoms with van der Waals surface area (Å²) >= 11 is 9.36. The van der Waals surface area contributed by atoms with Gasteiger partial charge in [-0.15, -0.1) is 0 Å². The highest BCUT2D eigenvalue weighted by molar-refractivity contribution is 9.10. The number of hydrogen-bond donors (Lipinski definition) is 1. The average molecular weight is 571 g/mol. The van der Waals surface area contributed by atoms with Crippen LogP contribution in [0.15, 0.2) is 70.0 Å². The van der Waals surface area contributed by atoms with Crippen molar-refractivity contribution in [2.75, 3.05) is 36.4 Å². The van der Waals surface area contributed by atoms with Crippen molar-refractivity contribution in [3.63, 3.8) is 0 Å². The molecular weight excluding hydrogens is 552 g/mol. The molecular formula is C23H19BrClF2N3O3S. The monoisotopic (exact) mass is 569 g/mol. The Morgan fingerprint density at radius 3 is 2.32 bits per heavy atom. The second kappa shape index (κ2) is 9.99. The highest BCUT2D eigenvalue weighted by atomic mass is 79.9. The molecule has 1 aliphatic heterocycles. The van der Waals surface area contributed by atoms with Crippen LogP contribution in [0.1, 0.15) is 10.4 Å². The van der Waals surface area contributed by atoms with Gasteiger partial charge in [-0.3, -0.25) is 4.79 Å². The molecule has 4 rings (SSSR count). The van der Waals surface area contributed by atoms with Crippen molar-refractivity contribution in [3.8, 4) is 0 Å². The van der Waals surface area contributed by atoms with Gasteiger partial charge in [-0.05, 0) is 48.5 Å². The van der Waals surface area contributed by atoms with Crippen molar-refractivity contribution < 1.29 is 22.0 Å². The minimum Gasteiger partial charge on any atom is -0.368 e. The van der Waals surface area contributed by atoms with Crippen molar-refractivity contribution >= 4 is 54.8 Å². The van der Waals surface area contributed by atoms with Gasteiger partial charge in [0.2, 0.25) is 10.0 Å². The van der Waals surface area contributed by atoms with E-state index in [1.165, 1.54) is 16.4 Å². The summed E-state index contributed by atoms with van der Waals surface area (Å²) < 4.78 is 56.6. The molecule has 0 bridgehead atoms. The van der Waals surface area contributed by atoms with E-state index in [1.807, 2.05) is 23.1 Å². The van der Waals surface area contributed by atoms with Gasteiger partial charge >= 0.3 is 0 Å². The van der Waals surface area contributed by atoms with E-state index < -0.39 is 33.1 Å². The molecule has 6 nitrogen and oxygen atoms in total. The number of amides is 1. The van der Waals surface area contributed by atoms with Gasteiger partial charge in [0, 0.05) is 30.7 Å². The van der Waals surface area contributed by atoms with Gasteiger partial charge in [-0.25, -0.2) is 17.2 Å². The molecule has 1 saturated heterocycles. The number of piperazine rings is 1. The van der Waals surface area contributed by atoms with Crippen molar-refractivity contribution in [2.24, 2.45) is 0 Å². The van der Waals surface area contributed by atoms with Crippen LogP contribution in [0.4, 0.5) is 20.2 Å². The number of para-hydroxylation sites is 1. The molecule has 1 heterocycles. The molecule has 0 spiro atoms. The van der Waals surface area contributed by atoms with E-state index in [-0.39, 0.29) is 23.7 Å². The van der Waals surface area contributed by atoms with Crippen LogP contribution in [0.3, 0.4) is 0 Å². The van der Waals surface area contributed by atoms with Gasteiger partial charge in [-0.2, -0.15) is 4.31 Å². The molecule has 0 aromatic heterocycles. The summed E-state index contributed by atoms with van der Waals surface area (Å²) in [5, 5.41) is 2.86. The van der Waals surface area contributed by atoms with Gasteiger partial charge in [0.25, 0.3) is 5.91 Å². The molecule has 34 heavy (non-hydrogen) atoms. The molecule has 0 aliphatic carbocycles. The largest absolute Gasteiger partial charge is 0.368 e. The lowest BCUT2D eigenvalue weighted by Crippen LogP contribution is -2.48. The van der Waals surface area contributed by atoms with Crippen molar-refractivity contribution in [2.45, 2.75) is 4.90 Å². The quantitative estimate of drug-likeness (QED) is 0.461. The average Bonchev–Trinajstić information content (AvgIpc) is 2.81. The summed E-state index contributed by atoms with van der Waals surface area (Å²) in [6, 6.07) is 14.3. The van der Waals surface area contributed by atoms with E-state index in [0.29, 0.717) is 22.6 Å². The van der Waals surface area contributed by atoms with Crippen LogP contribution in [0.5, 0.6) is 0 Å². The number of rotatable bonds is 5. The fourth-order valence-electron chi connectivity index (χ4n) is 3.65. The van der Waals surface area contributed by atoms with Crippen LogP contribution < -0.4 is 10.2 Å². The van der Waals surface area contributed by atoms with Crippen molar-refractivity contribution in [3.05, 3.63) is 87.4 Å². The normalized spacial score (nSPS) is 14.8. The Labute approximate surface area is 209 Å². The van der Waals surface area contributed by atoms with Crippen LogP contribution in [0.2, 0.25) is 5.02 Å². The molecule has 3 aromatic rings. The zero-order chi connectivity index (χ0) is 24.5. The molecule has 1 N–H and O–H groups in total. The number of halogens is 4. The predicted molar refractivity (Wildman–Crippen MR) is 131 cm³/mol. The Bertz CT molecular complexity index is 1350. The van der Waals surface area contributed by atoms with Gasteiger partial charge in [0.15, 0.2) is 0 Å². The summed E-state index contributed by atoms with van der Waals surface area (Å²) in [5.41, 5.74) is 0.164. The number of carbonyl (C=O) groups excluding carboxylic acids is 1. The third-order valence-corrected chi connectivity index (χ3v) is 8.14. The van der Waals surface area contributed by atoms with Gasteiger partial charge in [0.1, 0.15) is 11.6 Å². The maximum atomic E-state index is 14.4. The number of hydrogen-bond acceptors (Lipinski definition) is 4. The zero-order valence-electron chi connectivity index (χ0n) is 17.6. The first-order valence-corrected chi connectivity index (χ1v) is 12.8. The number of nitrogens with one attached hydrogen (secondary N) is 1. The van der Waals surface area contributed by atoms with Crippen LogP contribution in [-0.4, -0.2) is 44.8 Å². The summed E-state index contributed by atoms with van der Waals surface area (Å²) in [6.07, 6.45) is 0. The van der Waals surface area contributed by atoms with Gasteiger partial charge in [0.05, 0.1) is 26.9 Å². The van der Waals surface area contributed by atoms with Crippen LogP contribution in [0, 0.1) is 11.6 Å². The Kier molecular flexibility index (Phi) is 7.22. The maximum Gasteiger partial charge on any atom is 0.258 e. The van der Waals surface area contributed by atoms with Crippen LogP contribution in [-0.2, 0) is 10.0 Å². The predicted octanol–water partition coefficient (Wildman–Crippen LogP) is 5.14. The Morgan fingerprint density at radius 2 is 1.65 bits per heavy atom.